The highest BCUT2D eigenvalue weighted by Crippen LogP contribution is 2.23. The molecule has 122 valence electrons. The third-order valence-corrected chi connectivity index (χ3v) is 3.39. The fraction of sp³-hybridized carbons (Fsp3) is 0.714. The largest absolute Gasteiger partial charge is 0.339 e. The number of Topliss-reactive ketones (excluding diaryl/α,β-unsaturated/α-hetero) is 1. The number of carbonyl (C=O) groups is 2. The van der Waals surface area contributed by atoms with E-state index in [4.69, 9.17) is 4.52 Å². The van der Waals surface area contributed by atoms with E-state index in [1.54, 1.807) is 6.92 Å². The van der Waals surface area contributed by atoms with Crippen molar-refractivity contribution in [2.45, 2.75) is 51.9 Å². The first-order valence-electron chi connectivity index (χ1n) is 7.20. The highest BCUT2D eigenvalue weighted by molar-refractivity contribution is 5.99. The predicted molar refractivity (Wildman–Crippen MR) is 76.1 cm³/mol. The standard InChI is InChI=1S/C14H21FN4O3/c1-8-17-13(18-22-8)12(21)10-5-9(15)7-19(10)11(20)6-16-14(2,3)4/h9-10,16H,5-7H2,1-4H3/t9-,10?/m0/s1. The first-order valence-corrected chi connectivity index (χ1v) is 7.20. The van der Waals surface area contributed by atoms with Crippen molar-refractivity contribution in [2.75, 3.05) is 13.1 Å². The van der Waals surface area contributed by atoms with Gasteiger partial charge in [-0.2, -0.15) is 4.98 Å². The molecule has 2 atom stereocenters. The van der Waals surface area contributed by atoms with Gasteiger partial charge >= 0.3 is 0 Å². The Morgan fingerprint density at radius 3 is 2.68 bits per heavy atom. The molecule has 1 aliphatic rings. The number of nitrogens with zero attached hydrogens (tertiary/aromatic N) is 3. The number of alkyl halides is 1. The Balaban J connectivity index is 2.09. The van der Waals surface area contributed by atoms with Crippen LogP contribution in [-0.2, 0) is 4.79 Å². The fourth-order valence-electron chi connectivity index (χ4n) is 2.30. The second-order valence-corrected chi connectivity index (χ2v) is 6.50. The molecule has 1 aliphatic heterocycles. The summed E-state index contributed by atoms with van der Waals surface area (Å²) in [6.45, 7) is 7.29. The Labute approximate surface area is 128 Å². The average Bonchev–Trinajstić information content (AvgIpc) is 3.00. The molecule has 1 amide bonds. The van der Waals surface area contributed by atoms with Crippen molar-refractivity contribution in [2.24, 2.45) is 0 Å². The van der Waals surface area contributed by atoms with Crippen LogP contribution in [0.1, 0.15) is 43.7 Å². The topological polar surface area (TPSA) is 88.3 Å². The van der Waals surface area contributed by atoms with E-state index in [0.717, 1.165) is 0 Å². The molecule has 7 nitrogen and oxygen atoms in total. The number of hydrogen-bond donors (Lipinski definition) is 1. The van der Waals surface area contributed by atoms with Gasteiger partial charge in [-0.1, -0.05) is 5.16 Å². The molecule has 1 unspecified atom stereocenters. The van der Waals surface area contributed by atoms with E-state index < -0.39 is 18.0 Å². The second-order valence-electron chi connectivity index (χ2n) is 6.50. The van der Waals surface area contributed by atoms with Crippen LogP contribution in [-0.4, -0.2) is 57.6 Å². The molecule has 2 rings (SSSR count). The average molecular weight is 312 g/mol. The van der Waals surface area contributed by atoms with Crippen LogP contribution >= 0.6 is 0 Å². The Kier molecular flexibility index (Phi) is 4.60. The van der Waals surface area contributed by atoms with Crippen LogP contribution in [0.15, 0.2) is 4.52 Å². The van der Waals surface area contributed by atoms with E-state index in [-0.39, 0.29) is 42.7 Å². The minimum Gasteiger partial charge on any atom is -0.339 e. The Hall–Kier alpha value is -1.83. The number of halogens is 1. The minimum absolute atomic E-state index is 0.0340. The number of likely N-dealkylation sites (tertiary alicyclic amines) is 1. The third-order valence-electron chi connectivity index (χ3n) is 3.39. The zero-order valence-electron chi connectivity index (χ0n) is 13.2. The summed E-state index contributed by atoms with van der Waals surface area (Å²) in [6.07, 6.45) is -1.26. The third kappa shape index (κ3) is 3.88. The summed E-state index contributed by atoms with van der Waals surface area (Å²) in [4.78, 5) is 29.7. The summed E-state index contributed by atoms with van der Waals surface area (Å²) >= 11 is 0. The van der Waals surface area contributed by atoms with E-state index in [1.165, 1.54) is 4.90 Å². The SMILES string of the molecule is Cc1nc(C(=O)C2C[C@H](F)CN2C(=O)CNC(C)(C)C)no1. The first kappa shape index (κ1) is 16.5. The lowest BCUT2D eigenvalue weighted by molar-refractivity contribution is -0.130. The smallest absolute Gasteiger partial charge is 0.240 e. The molecule has 0 saturated carbocycles. The molecule has 8 heteroatoms. The summed E-state index contributed by atoms with van der Waals surface area (Å²) < 4.78 is 18.5. The van der Waals surface area contributed by atoms with E-state index in [2.05, 4.69) is 15.5 Å². The first-order chi connectivity index (χ1) is 10.2. The monoisotopic (exact) mass is 312 g/mol. The molecule has 0 bridgehead atoms. The van der Waals surface area contributed by atoms with Gasteiger partial charge in [-0.25, -0.2) is 4.39 Å². The molecule has 1 aromatic heterocycles. The molecular weight excluding hydrogens is 291 g/mol. The summed E-state index contributed by atoms with van der Waals surface area (Å²) in [5.41, 5.74) is -0.241. The maximum absolute atomic E-state index is 13.7. The van der Waals surface area contributed by atoms with Gasteiger partial charge in [0.2, 0.25) is 23.4 Å². The number of aryl methyl sites for hydroxylation is 1. The highest BCUT2D eigenvalue weighted by Gasteiger charge is 2.41. The van der Waals surface area contributed by atoms with Crippen molar-refractivity contribution in [1.29, 1.82) is 0 Å². The number of aromatic nitrogens is 2. The van der Waals surface area contributed by atoms with E-state index >= 15 is 0 Å². The van der Waals surface area contributed by atoms with Crippen LogP contribution in [0.25, 0.3) is 0 Å². The van der Waals surface area contributed by atoms with Crippen molar-refractivity contribution >= 4 is 11.7 Å². The summed E-state index contributed by atoms with van der Waals surface area (Å²) in [7, 11) is 0. The molecule has 22 heavy (non-hydrogen) atoms. The normalized spacial score (nSPS) is 22.1. The molecule has 1 saturated heterocycles. The van der Waals surface area contributed by atoms with Crippen LogP contribution in [0.5, 0.6) is 0 Å². The molecule has 1 N–H and O–H groups in total. The number of nitrogens with one attached hydrogen (secondary N) is 1. The lowest BCUT2D eigenvalue weighted by atomic mass is 10.1. The summed E-state index contributed by atoms with van der Waals surface area (Å²) in [5.74, 6) is -0.654. The van der Waals surface area contributed by atoms with E-state index in [1.807, 2.05) is 20.8 Å². The summed E-state index contributed by atoms with van der Waals surface area (Å²) in [5, 5.41) is 6.59. The van der Waals surface area contributed by atoms with Crippen LogP contribution in [0.3, 0.4) is 0 Å². The van der Waals surface area contributed by atoms with Crippen molar-refractivity contribution < 1.29 is 18.5 Å². The quantitative estimate of drug-likeness (QED) is 0.831. The molecule has 0 radical (unpaired) electrons. The van der Waals surface area contributed by atoms with Gasteiger partial charge in [-0.15, -0.1) is 0 Å². The predicted octanol–water partition coefficient (Wildman–Crippen LogP) is 0.888. The van der Waals surface area contributed by atoms with E-state index in [9.17, 15) is 14.0 Å². The lowest BCUT2D eigenvalue weighted by Crippen LogP contribution is -2.48. The Morgan fingerprint density at radius 2 is 2.14 bits per heavy atom. The van der Waals surface area contributed by atoms with Crippen molar-refractivity contribution in [3.63, 3.8) is 0 Å². The molecule has 1 fully saturated rings. The molecule has 0 aromatic carbocycles. The van der Waals surface area contributed by atoms with Crippen LogP contribution in [0.2, 0.25) is 0 Å². The van der Waals surface area contributed by atoms with Gasteiger partial charge in [0.15, 0.2) is 0 Å². The Morgan fingerprint density at radius 1 is 1.45 bits per heavy atom. The van der Waals surface area contributed by atoms with Gasteiger partial charge in [-0.3, -0.25) is 9.59 Å². The Bertz CT molecular complexity index is 567. The van der Waals surface area contributed by atoms with Gasteiger partial charge in [0, 0.05) is 18.9 Å². The van der Waals surface area contributed by atoms with Crippen LogP contribution < -0.4 is 5.32 Å². The number of amides is 1. The lowest BCUT2D eigenvalue weighted by Gasteiger charge is -2.26. The van der Waals surface area contributed by atoms with Gasteiger partial charge in [0.25, 0.3) is 0 Å². The second kappa shape index (κ2) is 6.12. The van der Waals surface area contributed by atoms with Crippen LogP contribution in [0, 0.1) is 6.92 Å². The number of carbonyl (C=O) groups excluding carboxylic acids is 2. The number of rotatable bonds is 4. The van der Waals surface area contributed by atoms with Gasteiger partial charge in [0.05, 0.1) is 13.1 Å². The van der Waals surface area contributed by atoms with Gasteiger partial charge < -0.3 is 14.7 Å². The van der Waals surface area contributed by atoms with Crippen molar-refractivity contribution in [3.8, 4) is 0 Å². The molecule has 0 aliphatic carbocycles. The van der Waals surface area contributed by atoms with Crippen molar-refractivity contribution in [1.82, 2.24) is 20.4 Å². The molecule has 1 aromatic rings. The van der Waals surface area contributed by atoms with Gasteiger partial charge in [0.1, 0.15) is 12.2 Å². The number of ketones is 1. The summed E-state index contributed by atoms with van der Waals surface area (Å²) in [6, 6.07) is -0.874. The zero-order chi connectivity index (χ0) is 16.5. The maximum Gasteiger partial charge on any atom is 0.240 e. The van der Waals surface area contributed by atoms with Crippen LogP contribution in [0.4, 0.5) is 4.39 Å². The number of hydrogen-bond acceptors (Lipinski definition) is 6. The molecular formula is C14H21FN4O3. The molecule has 0 spiro atoms. The maximum atomic E-state index is 13.7. The minimum atomic E-state index is -1.22. The zero-order valence-corrected chi connectivity index (χ0v) is 13.2. The van der Waals surface area contributed by atoms with Gasteiger partial charge in [-0.05, 0) is 20.8 Å². The molecule has 2 heterocycles. The highest BCUT2D eigenvalue weighted by atomic mass is 19.1. The fourth-order valence-corrected chi connectivity index (χ4v) is 2.30. The van der Waals surface area contributed by atoms with E-state index in [0.29, 0.717) is 0 Å². The van der Waals surface area contributed by atoms with Crippen molar-refractivity contribution in [3.05, 3.63) is 11.7 Å².